The maximum absolute atomic E-state index is 13.5. The third-order valence-electron chi connectivity index (χ3n) is 5.63. The van der Waals surface area contributed by atoms with Gasteiger partial charge in [-0.1, -0.05) is 62.0 Å². The van der Waals surface area contributed by atoms with Crippen LogP contribution in [0.25, 0.3) is 0 Å². The van der Waals surface area contributed by atoms with Gasteiger partial charge in [-0.15, -0.1) is 10.2 Å². The Morgan fingerprint density at radius 1 is 1.13 bits per heavy atom. The second-order valence-electron chi connectivity index (χ2n) is 8.03. The van der Waals surface area contributed by atoms with E-state index in [4.69, 9.17) is 0 Å². The molecule has 2 heterocycles. The zero-order chi connectivity index (χ0) is 22.0. The molecule has 0 aliphatic carbocycles. The predicted octanol–water partition coefficient (Wildman–Crippen LogP) is 4.81. The van der Waals surface area contributed by atoms with E-state index in [2.05, 4.69) is 65.1 Å². The number of nitrogens with one attached hydrogen (secondary N) is 2. The van der Waals surface area contributed by atoms with Crippen LogP contribution in [-0.4, -0.2) is 26.0 Å². The summed E-state index contributed by atoms with van der Waals surface area (Å²) in [5, 5.41) is 12.2. The molecule has 0 saturated heterocycles. The Labute approximate surface area is 187 Å². The number of hydrogen-bond acceptors (Lipinski definition) is 5. The Kier molecular flexibility index (Phi) is 6.32. The first-order valence-electron chi connectivity index (χ1n) is 10.8. The number of benzene rings is 2. The maximum atomic E-state index is 13.5. The molecule has 1 aliphatic heterocycles. The van der Waals surface area contributed by atoms with E-state index < -0.39 is 0 Å². The molecule has 1 amide bonds. The number of rotatable bonds is 6. The average Bonchev–Trinajstić information content (AvgIpc) is 3.17. The molecule has 0 radical (unpaired) electrons. The van der Waals surface area contributed by atoms with Gasteiger partial charge in [0.05, 0.1) is 6.04 Å². The van der Waals surface area contributed by atoms with Gasteiger partial charge < -0.3 is 10.7 Å². The maximum Gasteiger partial charge on any atom is 0.240 e. The third-order valence-corrected chi connectivity index (χ3v) is 6.85. The number of anilines is 1. The summed E-state index contributed by atoms with van der Waals surface area (Å²) in [7, 11) is 0. The Morgan fingerprint density at radius 3 is 2.61 bits per heavy atom. The Hall–Kier alpha value is -2.80. The highest BCUT2D eigenvalue weighted by molar-refractivity contribution is 8.00. The fourth-order valence-electron chi connectivity index (χ4n) is 3.77. The number of fused-ring (bicyclic) bond motifs is 1. The van der Waals surface area contributed by atoms with Gasteiger partial charge in [0.1, 0.15) is 5.25 Å². The summed E-state index contributed by atoms with van der Waals surface area (Å²) in [4.78, 5) is 13.5. The van der Waals surface area contributed by atoms with Crippen molar-refractivity contribution >= 4 is 23.4 Å². The zero-order valence-corrected chi connectivity index (χ0v) is 19.3. The van der Waals surface area contributed by atoms with Crippen molar-refractivity contribution in [1.82, 2.24) is 14.9 Å². The summed E-state index contributed by atoms with van der Waals surface area (Å²) >= 11 is 1.47. The van der Waals surface area contributed by atoms with Crippen LogP contribution < -0.4 is 10.7 Å². The van der Waals surface area contributed by atoms with Crippen molar-refractivity contribution in [1.29, 1.82) is 0 Å². The number of thioether (sulfide) groups is 1. The molecule has 1 aromatic heterocycles. The molecular weight excluding hydrogens is 406 g/mol. The van der Waals surface area contributed by atoms with E-state index in [9.17, 15) is 4.79 Å². The normalized spacial score (nSPS) is 17.7. The molecule has 162 valence electrons. The minimum Gasteiger partial charge on any atom is -0.325 e. The Morgan fingerprint density at radius 2 is 1.90 bits per heavy atom. The first-order chi connectivity index (χ1) is 15.0. The van der Waals surface area contributed by atoms with Gasteiger partial charge in [-0.25, -0.2) is 4.68 Å². The van der Waals surface area contributed by atoms with Crippen molar-refractivity contribution in [3.63, 3.8) is 0 Å². The van der Waals surface area contributed by atoms with Crippen LogP contribution in [-0.2, 0) is 17.6 Å². The Balaban J connectivity index is 1.67. The molecule has 1 aliphatic rings. The lowest BCUT2D eigenvalue weighted by atomic mass is 10.0. The molecule has 0 fully saturated rings. The summed E-state index contributed by atoms with van der Waals surface area (Å²) in [5.74, 6) is 0.857. The van der Waals surface area contributed by atoms with E-state index in [1.807, 2.05) is 30.7 Å². The Bertz CT molecular complexity index is 1080. The van der Waals surface area contributed by atoms with Crippen LogP contribution in [0.3, 0.4) is 0 Å². The number of carbonyl (C=O) groups excluding carboxylic acids is 1. The lowest BCUT2D eigenvalue weighted by molar-refractivity contribution is -0.116. The fourth-order valence-corrected chi connectivity index (χ4v) is 4.87. The van der Waals surface area contributed by atoms with E-state index in [-0.39, 0.29) is 17.2 Å². The number of nitrogens with zero attached hydrogens (tertiary/aromatic N) is 3. The lowest BCUT2D eigenvalue weighted by Gasteiger charge is -2.33. The van der Waals surface area contributed by atoms with Gasteiger partial charge in [0, 0.05) is 12.1 Å². The molecule has 0 spiro atoms. The van der Waals surface area contributed by atoms with E-state index in [0.717, 1.165) is 52.6 Å². The first-order valence-corrected chi connectivity index (χ1v) is 11.7. The first kappa shape index (κ1) is 21.4. The number of aryl methyl sites for hydroxylation is 4. The summed E-state index contributed by atoms with van der Waals surface area (Å²) in [6.45, 7) is 8.31. The number of carbonyl (C=O) groups is 1. The molecule has 0 saturated carbocycles. The molecule has 0 unspecified atom stereocenters. The summed E-state index contributed by atoms with van der Waals surface area (Å²) in [6.07, 6.45) is 2.80. The molecule has 4 rings (SSSR count). The molecule has 0 bridgehead atoms. The quantitative estimate of drug-likeness (QED) is 0.581. The van der Waals surface area contributed by atoms with Crippen molar-refractivity contribution < 1.29 is 4.79 Å². The average molecular weight is 436 g/mol. The van der Waals surface area contributed by atoms with Crippen LogP contribution >= 0.6 is 11.8 Å². The molecule has 7 heteroatoms. The molecular formula is C24H29N5OS. The van der Waals surface area contributed by atoms with Crippen molar-refractivity contribution in [3.05, 3.63) is 70.5 Å². The van der Waals surface area contributed by atoms with Crippen molar-refractivity contribution in [3.8, 4) is 0 Å². The molecule has 3 aromatic rings. The largest absolute Gasteiger partial charge is 0.325 e. The standard InChI is InChI=1S/C24H29N5OS/c1-5-7-20-26-27-24-29(20)28-21(18-12-10-17(6-2)11-13-18)22(31-24)23(30)25-19-14-15(3)8-9-16(19)4/h8-14,21-22,28H,5-7H2,1-4H3,(H,25,30)/t21-,22+/m0/s1. The van der Waals surface area contributed by atoms with Gasteiger partial charge in [-0.3, -0.25) is 4.79 Å². The van der Waals surface area contributed by atoms with Crippen LogP contribution in [0, 0.1) is 13.8 Å². The second kappa shape index (κ2) is 9.14. The van der Waals surface area contributed by atoms with E-state index in [1.54, 1.807) is 0 Å². The van der Waals surface area contributed by atoms with Crippen molar-refractivity contribution in [2.45, 2.75) is 63.4 Å². The highest BCUT2D eigenvalue weighted by atomic mass is 32.2. The topological polar surface area (TPSA) is 71.8 Å². The molecule has 2 aromatic carbocycles. The van der Waals surface area contributed by atoms with Gasteiger partial charge in [-0.2, -0.15) is 0 Å². The fraction of sp³-hybridized carbons (Fsp3) is 0.375. The molecule has 2 N–H and O–H groups in total. The monoisotopic (exact) mass is 435 g/mol. The van der Waals surface area contributed by atoms with Gasteiger partial charge in [0.25, 0.3) is 0 Å². The molecule has 6 nitrogen and oxygen atoms in total. The van der Waals surface area contributed by atoms with Crippen LogP contribution in [0.5, 0.6) is 0 Å². The van der Waals surface area contributed by atoms with Crippen LogP contribution in [0.2, 0.25) is 0 Å². The van der Waals surface area contributed by atoms with Crippen LogP contribution in [0.1, 0.15) is 54.4 Å². The SMILES string of the molecule is CCCc1nnc2n1N[C@@H](c1ccc(CC)cc1)[C@H](C(=O)Nc1cc(C)ccc1C)S2. The van der Waals surface area contributed by atoms with E-state index in [0.29, 0.717) is 0 Å². The molecule has 2 atom stereocenters. The van der Waals surface area contributed by atoms with E-state index >= 15 is 0 Å². The number of hydrogen-bond donors (Lipinski definition) is 2. The summed E-state index contributed by atoms with van der Waals surface area (Å²) in [6, 6.07) is 14.4. The second-order valence-corrected chi connectivity index (χ2v) is 9.14. The number of aromatic nitrogens is 3. The smallest absolute Gasteiger partial charge is 0.240 e. The van der Waals surface area contributed by atoms with Gasteiger partial charge in [0.2, 0.25) is 11.1 Å². The zero-order valence-electron chi connectivity index (χ0n) is 18.5. The minimum absolute atomic E-state index is 0.0398. The van der Waals surface area contributed by atoms with Crippen LogP contribution in [0.15, 0.2) is 47.6 Å². The highest BCUT2D eigenvalue weighted by Crippen LogP contribution is 2.38. The van der Waals surface area contributed by atoms with Crippen molar-refractivity contribution in [2.75, 3.05) is 10.7 Å². The highest BCUT2D eigenvalue weighted by Gasteiger charge is 2.37. The molecule has 31 heavy (non-hydrogen) atoms. The van der Waals surface area contributed by atoms with Gasteiger partial charge in [-0.05, 0) is 55.0 Å². The van der Waals surface area contributed by atoms with Gasteiger partial charge >= 0.3 is 0 Å². The van der Waals surface area contributed by atoms with Crippen LogP contribution in [0.4, 0.5) is 5.69 Å². The summed E-state index contributed by atoms with van der Waals surface area (Å²) in [5.41, 5.74) is 8.91. The minimum atomic E-state index is -0.376. The third kappa shape index (κ3) is 4.46. The summed E-state index contributed by atoms with van der Waals surface area (Å²) < 4.78 is 1.95. The van der Waals surface area contributed by atoms with E-state index in [1.165, 1.54) is 17.3 Å². The lowest BCUT2D eigenvalue weighted by Crippen LogP contribution is -2.41. The van der Waals surface area contributed by atoms with Crippen molar-refractivity contribution in [2.24, 2.45) is 0 Å². The predicted molar refractivity (Wildman–Crippen MR) is 126 cm³/mol. The van der Waals surface area contributed by atoms with Gasteiger partial charge in [0.15, 0.2) is 5.82 Å². The number of amides is 1.